The summed E-state index contributed by atoms with van der Waals surface area (Å²) in [5.74, 6) is 6.00. The van der Waals surface area contributed by atoms with Gasteiger partial charge in [-0.1, -0.05) is 24.0 Å². The van der Waals surface area contributed by atoms with E-state index in [2.05, 4.69) is 27.8 Å². The molecule has 0 bridgehead atoms. The second-order valence-electron chi connectivity index (χ2n) is 9.35. The highest BCUT2D eigenvalue weighted by atomic mass is 32.1. The molecule has 6 nitrogen and oxygen atoms in total. The van der Waals surface area contributed by atoms with Gasteiger partial charge in [0, 0.05) is 25.7 Å². The zero-order valence-electron chi connectivity index (χ0n) is 21.8. The predicted octanol–water partition coefficient (Wildman–Crippen LogP) is 5.29. The lowest BCUT2D eigenvalue weighted by molar-refractivity contribution is -0.126. The molecule has 4 rings (SSSR count). The number of alkyl halides is 4. The van der Waals surface area contributed by atoms with Crippen molar-refractivity contribution in [3.8, 4) is 17.6 Å². The van der Waals surface area contributed by atoms with E-state index in [1.807, 2.05) is 11.9 Å². The second-order valence-corrected chi connectivity index (χ2v) is 10.4. The van der Waals surface area contributed by atoms with Gasteiger partial charge >= 0.3 is 6.18 Å². The minimum absolute atomic E-state index is 0.117. The van der Waals surface area contributed by atoms with Crippen LogP contribution in [0.4, 0.5) is 28.9 Å². The molecule has 39 heavy (non-hydrogen) atoms. The average Bonchev–Trinajstić information content (AvgIpc) is 3.24. The Bertz CT molecular complexity index is 1400. The Balaban J connectivity index is 1.59. The number of rotatable bonds is 7. The van der Waals surface area contributed by atoms with E-state index < -0.39 is 24.8 Å². The molecule has 3 aromatic rings. The zero-order valence-corrected chi connectivity index (χ0v) is 22.7. The molecule has 2 aromatic carbocycles. The number of nitrogens with one attached hydrogen (secondary N) is 3. The van der Waals surface area contributed by atoms with Crippen molar-refractivity contribution in [3.63, 3.8) is 0 Å². The summed E-state index contributed by atoms with van der Waals surface area (Å²) in [5.41, 5.74) is 1.75. The molecular weight excluding hydrogens is 532 g/mol. The maximum Gasteiger partial charge on any atom is 0.393 e. The van der Waals surface area contributed by atoms with Gasteiger partial charge in [0.15, 0.2) is 0 Å². The minimum atomic E-state index is -4.41. The zero-order chi connectivity index (χ0) is 28.2. The van der Waals surface area contributed by atoms with Gasteiger partial charge < -0.3 is 25.6 Å². The second kappa shape index (κ2) is 12.1. The molecule has 2 heterocycles. The van der Waals surface area contributed by atoms with Crippen LogP contribution in [0.25, 0.3) is 10.1 Å². The predicted molar refractivity (Wildman–Crippen MR) is 148 cm³/mol. The van der Waals surface area contributed by atoms with Crippen LogP contribution < -0.4 is 20.7 Å². The van der Waals surface area contributed by atoms with E-state index in [-0.39, 0.29) is 18.0 Å². The third-order valence-electron chi connectivity index (χ3n) is 6.54. The van der Waals surface area contributed by atoms with Gasteiger partial charge in [-0.25, -0.2) is 4.39 Å². The number of hydrogen-bond donors (Lipinski definition) is 3. The van der Waals surface area contributed by atoms with Crippen molar-refractivity contribution in [1.29, 1.82) is 0 Å². The molecule has 1 saturated heterocycles. The van der Waals surface area contributed by atoms with Crippen LogP contribution in [0.5, 0.6) is 5.75 Å². The Morgan fingerprint density at radius 3 is 2.72 bits per heavy atom. The van der Waals surface area contributed by atoms with E-state index >= 15 is 0 Å². The maximum atomic E-state index is 14.7. The minimum Gasteiger partial charge on any atom is -0.495 e. The molecular formula is C28H30F4N4O2S. The largest absolute Gasteiger partial charge is 0.495 e. The molecule has 1 aliphatic rings. The van der Waals surface area contributed by atoms with Gasteiger partial charge in [-0.15, -0.1) is 11.3 Å². The molecule has 3 N–H and O–H groups in total. The lowest BCUT2D eigenvalue weighted by atomic mass is 10.0. The van der Waals surface area contributed by atoms with Gasteiger partial charge in [-0.2, -0.15) is 13.2 Å². The molecule has 2 unspecified atom stereocenters. The SMILES string of the molecule is CNC(=O)c1ccc(NCC#Cc2sc3c(NC4CCN(C)CC4F)cccc3c2CC(F)(F)F)c(OC)c1. The van der Waals surface area contributed by atoms with E-state index in [1.54, 1.807) is 36.4 Å². The van der Waals surface area contributed by atoms with E-state index in [0.29, 0.717) is 50.6 Å². The summed E-state index contributed by atoms with van der Waals surface area (Å²) in [6.07, 6.45) is -6.01. The quantitative estimate of drug-likeness (QED) is 0.270. The van der Waals surface area contributed by atoms with Gasteiger partial charge in [0.05, 0.1) is 47.1 Å². The molecule has 1 aromatic heterocycles. The number of benzene rings is 2. The van der Waals surface area contributed by atoms with Crippen molar-refractivity contribution in [2.75, 3.05) is 51.5 Å². The summed E-state index contributed by atoms with van der Waals surface area (Å²) in [5, 5.41) is 9.34. The summed E-state index contributed by atoms with van der Waals surface area (Å²) in [4.78, 5) is 14.1. The Kier molecular flexibility index (Phi) is 8.87. The molecule has 208 valence electrons. The topological polar surface area (TPSA) is 65.6 Å². The van der Waals surface area contributed by atoms with E-state index in [0.717, 1.165) is 6.54 Å². The van der Waals surface area contributed by atoms with Gasteiger partial charge in [-0.3, -0.25) is 4.79 Å². The number of carbonyl (C=O) groups excluding carboxylic acids is 1. The number of nitrogens with zero attached hydrogens (tertiary/aromatic N) is 1. The number of ether oxygens (including phenoxy) is 1. The highest BCUT2D eigenvalue weighted by molar-refractivity contribution is 7.20. The molecule has 0 radical (unpaired) electrons. The fraction of sp³-hybridized carbons (Fsp3) is 0.393. The number of carbonyl (C=O) groups is 1. The summed E-state index contributed by atoms with van der Waals surface area (Å²) in [7, 11) is 4.87. The van der Waals surface area contributed by atoms with Gasteiger partial charge in [0.1, 0.15) is 11.9 Å². The van der Waals surface area contributed by atoms with Crippen LogP contribution in [-0.2, 0) is 6.42 Å². The summed E-state index contributed by atoms with van der Waals surface area (Å²) in [6.45, 7) is 1.18. The van der Waals surface area contributed by atoms with E-state index in [4.69, 9.17) is 4.74 Å². The van der Waals surface area contributed by atoms with E-state index in [9.17, 15) is 22.4 Å². The van der Waals surface area contributed by atoms with Gasteiger partial charge in [0.25, 0.3) is 5.91 Å². The number of anilines is 2. The number of hydrogen-bond acceptors (Lipinski definition) is 6. The van der Waals surface area contributed by atoms with Crippen LogP contribution in [0.2, 0.25) is 0 Å². The van der Waals surface area contributed by atoms with Crippen LogP contribution in [0, 0.1) is 11.8 Å². The van der Waals surface area contributed by atoms with Crippen LogP contribution in [-0.4, -0.2) is 70.0 Å². The molecule has 1 fully saturated rings. The van der Waals surface area contributed by atoms with Crippen LogP contribution in [0.15, 0.2) is 36.4 Å². The average molecular weight is 563 g/mol. The van der Waals surface area contributed by atoms with Crippen molar-refractivity contribution >= 4 is 38.7 Å². The first-order chi connectivity index (χ1) is 18.6. The lowest BCUT2D eigenvalue weighted by Gasteiger charge is -2.33. The van der Waals surface area contributed by atoms with Gasteiger partial charge in [-0.05, 0) is 48.7 Å². The normalized spacial score (nSPS) is 17.8. The Hall–Kier alpha value is -3.49. The van der Waals surface area contributed by atoms with E-state index in [1.165, 1.54) is 25.5 Å². The fourth-order valence-electron chi connectivity index (χ4n) is 4.57. The number of methoxy groups -OCH3 is 1. The van der Waals surface area contributed by atoms with Crippen LogP contribution in [0.3, 0.4) is 0 Å². The standard InChI is InChI=1S/C28H30F4N4O2S/c1-33-27(37)17-9-10-22(24(14-17)38-3)34-12-5-8-25-19(15-28(30,31)32)18-6-4-7-23(26(18)39-25)35-21-11-13-36(2)16-20(21)29/h4,6-7,9-10,14,20-21,34-35H,11-13,15-16H2,1-3H3,(H,33,37). The number of amides is 1. The Morgan fingerprint density at radius 2 is 2.03 bits per heavy atom. The number of piperidine rings is 1. The molecule has 1 aliphatic heterocycles. The van der Waals surface area contributed by atoms with Crippen molar-refractivity contribution in [1.82, 2.24) is 10.2 Å². The van der Waals surface area contributed by atoms with Crippen molar-refractivity contribution < 1.29 is 27.1 Å². The molecule has 0 spiro atoms. The molecule has 1 amide bonds. The first-order valence-corrected chi connectivity index (χ1v) is 13.2. The number of halogens is 4. The third-order valence-corrected chi connectivity index (χ3v) is 7.74. The Labute approximate surface area is 228 Å². The van der Waals surface area contributed by atoms with Gasteiger partial charge in [0.2, 0.25) is 0 Å². The number of thiophene rings is 1. The summed E-state index contributed by atoms with van der Waals surface area (Å²) >= 11 is 1.18. The first-order valence-electron chi connectivity index (χ1n) is 12.4. The molecule has 11 heteroatoms. The van der Waals surface area contributed by atoms with Crippen molar-refractivity contribution in [3.05, 3.63) is 52.4 Å². The highest BCUT2D eigenvalue weighted by Crippen LogP contribution is 2.39. The molecule has 0 aliphatic carbocycles. The van der Waals surface area contributed by atoms with Crippen molar-refractivity contribution in [2.45, 2.75) is 31.2 Å². The number of likely N-dealkylation sites (tertiary alicyclic amines) is 1. The molecule has 2 atom stereocenters. The van der Waals surface area contributed by atoms with Crippen LogP contribution >= 0.6 is 11.3 Å². The maximum absolute atomic E-state index is 14.7. The summed E-state index contributed by atoms with van der Waals surface area (Å²) in [6, 6.07) is 9.60. The number of fused-ring (bicyclic) bond motifs is 1. The summed E-state index contributed by atoms with van der Waals surface area (Å²) < 4.78 is 61.2. The monoisotopic (exact) mass is 562 g/mol. The fourth-order valence-corrected chi connectivity index (χ4v) is 5.74. The highest BCUT2D eigenvalue weighted by Gasteiger charge is 2.32. The lowest BCUT2D eigenvalue weighted by Crippen LogP contribution is -2.46. The molecule has 0 saturated carbocycles. The Morgan fingerprint density at radius 1 is 1.23 bits per heavy atom. The first kappa shape index (κ1) is 28.5. The smallest absolute Gasteiger partial charge is 0.393 e. The van der Waals surface area contributed by atoms with Crippen molar-refractivity contribution in [2.24, 2.45) is 0 Å². The van der Waals surface area contributed by atoms with Crippen LogP contribution in [0.1, 0.15) is 27.2 Å². The third kappa shape index (κ3) is 6.94.